The molecule has 0 aromatic rings. The molecule has 2 rings (SSSR count). The first-order valence-corrected chi connectivity index (χ1v) is 5.98. The van der Waals surface area contributed by atoms with Crippen LogP contribution in [-0.2, 0) is 14.2 Å². The van der Waals surface area contributed by atoms with Gasteiger partial charge in [-0.1, -0.05) is 34.8 Å². The summed E-state index contributed by atoms with van der Waals surface area (Å²) in [4.78, 5) is 0. The average molecular weight is 310 g/mol. The third-order valence-corrected chi connectivity index (χ3v) is 3.14. The van der Waals surface area contributed by atoms with Gasteiger partial charge in [0.15, 0.2) is 6.29 Å². The molecular weight excluding hydrogens is 298 g/mol. The minimum absolute atomic E-state index is 0.547. The Bertz CT molecular complexity index is 285. The van der Waals surface area contributed by atoms with Crippen LogP contribution >= 0.6 is 34.8 Å². The molecular formula is C8H11Cl3O6. The molecule has 0 aromatic heterocycles. The third-order valence-electron chi connectivity index (χ3n) is 2.60. The zero-order chi connectivity index (χ0) is 12.8. The Balaban J connectivity index is 2.01. The van der Waals surface area contributed by atoms with Gasteiger partial charge in [-0.15, -0.1) is 0 Å². The van der Waals surface area contributed by atoms with E-state index in [0.717, 1.165) is 0 Å². The van der Waals surface area contributed by atoms with Gasteiger partial charge in [-0.05, 0) is 0 Å². The Morgan fingerprint density at radius 3 is 2.29 bits per heavy atom. The lowest BCUT2D eigenvalue weighted by Gasteiger charge is -2.24. The molecule has 0 spiro atoms. The van der Waals surface area contributed by atoms with Crippen LogP contribution in [0.15, 0.2) is 0 Å². The van der Waals surface area contributed by atoms with Gasteiger partial charge < -0.3 is 29.5 Å². The molecule has 0 aliphatic carbocycles. The van der Waals surface area contributed by atoms with Gasteiger partial charge >= 0.3 is 0 Å². The molecule has 9 heteroatoms. The number of alkyl halides is 3. The first-order chi connectivity index (χ1) is 7.84. The number of aliphatic hydroxyl groups excluding tert-OH is 3. The molecule has 2 fully saturated rings. The van der Waals surface area contributed by atoms with Crippen LogP contribution in [0.4, 0.5) is 0 Å². The molecule has 0 saturated carbocycles. The number of halogens is 3. The normalized spacial score (nSPS) is 43.8. The predicted molar refractivity (Wildman–Crippen MR) is 57.8 cm³/mol. The molecule has 6 atom stereocenters. The largest absolute Gasteiger partial charge is 0.394 e. The number of ether oxygens (including phenoxy) is 3. The minimum Gasteiger partial charge on any atom is -0.394 e. The molecule has 17 heavy (non-hydrogen) atoms. The molecule has 2 aliphatic rings. The maximum absolute atomic E-state index is 9.81. The topological polar surface area (TPSA) is 88.4 Å². The molecule has 0 bridgehead atoms. The SMILES string of the molecule is OC[C@@H](O)[C@H]1O[C@H]2O[C@@H](C(Cl)(Cl)Cl)O[C@@H]2[C@H]1O. The summed E-state index contributed by atoms with van der Waals surface area (Å²) in [6.45, 7) is -0.547. The highest BCUT2D eigenvalue weighted by atomic mass is 35.6. The second-order valence-corrected chi connectivity index (χ2v) is 6.19. The van der Waals surface area contributed by atoms with Crippen LogP contribution in [0.3, 0.4) is 0 Å². The monoisotopic (exact) mass is 308 g/mol. The Labute approximate surface area is 112 Å². The van der Waals surface area contributed by atoms with Crippen LogP contribution in [0, 0.1) is 0 Å². The maximum atomic E-state index is 9.81. The highest BCUT2D eigenvalue weighted by molar-refractivity contribution is 6.67. The van der Waals surface area contributed by atoms with Crippen LogP contribution in [0.1, 0.15) is 0 Å². The molecule has 2 aliphatic heterocycles. The van der Waals surface area contributed by atoms with Gasteiger partial charge in [-0.25, -0.2) is 0 Å². The number of hydrogen-bond donors (Lipinski definition) is 3. The van der Waals surface area contributed by atoms with Gasteiger partial charge in [0.05, 0.1) is 6.61 Å². The first-order valence-electron chi connectivity index (χ1n) is 4.84. The van der Waals surface area contributed by atoms with Crippen molar-refractivity contribution in [2.75, 3.05) is 6.61 Å². The Kier molecular flexibility index (Phi) is 4.10. The smallest absolute Gasteiger partial charge is 0.241 e. The van der Waals surface area contributed by atoms with Crippen molar-refractivity contribution in [3.63, 3.8) is 0 Å². The van der Waals surface area contributed by atoms with Gasteiger partial charge in [-0.2, -0.15) is 0 Å². The summed E-state index contributed by atoms with van der Waals surface area (Å²) in [7, 11) is 0. The molecule has 2 saturated heterocycles. The van der Waals surface area contributed by atoms with Gasteiger partial charge in [-0.3, -0.25) is 0 Å². The summed E-state index contributed by atoms with van der Waals surface area (Å²) in [6.07, 6.45) is -6.33. The highest BCUT2D eigenvalue weighted by Crippen LogP contribution is 2.42. The van der Waals surface area contributed by atoms with Crippen molar-refractivity contribution >= 4 is 34.8 Å². The van der Waals surface area contributed by atoms with Crippen molar-refractivity contribution in [2.45, 2.75) is 40.8 Å². The fourth-order valence-electron chi connectivity index (χ4n) is 1.79. The summed E-state index contributed by atoms with van der Waals surface area (Å²) >= 11 is 16.7. The highest BCUT2D eigenvalue weighted by Gasteiger charge is 2.57. The van der Waals surface area contributed by atoms with Gasteiger partial charge in [0, 0.05) is 0 Å². The van der Waals surface area contributed by atoms with E-state index in [0.29, 0.717) is 0 Å². The van der Waals surface area contributed by atoms with E-state index in [4.69, 9.17) is 54.1 Å². The van der Waals surface area contributed by atoms with E-state index >= 15 is 0 Å². The summed E-state index contributed by atoms with van der Waals surface area (Å²) < 4.78 is 13.8. The van der Waals surface area contributed by atoms with Crippen LogP contribution in [0.5, 0.6) is 0 Å². The van der Waals surface area contributed by atoms with E-state index in [9.17, 15) is 10.2 Å². The zero-order valence-corrected chi connectivity index (χ0v) is 10.6. The van der Waals surface area contributed by atoms with Crippen molar-refractivity contribution in [3.05, 3.63) is 0 Å². The van der Waals surface area contributed by atoms with E-state index in [1.807, 2.05) is 0 Å². The first kappa shape index (κ1) is 14.0. The lowest BCUT2D eigenvalue weighted by Crippen LogP contribution is -2.42. The van der Waals surface area contributed by atoms with Crippen LogP contribution < -0.4 is 0 Å². The fraction of sp³-hybridized carbons (Fsp3) is 1.00. The summed E-state index contributed by atoms with van der Waals surface area (Å²) in [6, 6.07) is 0. The molecule has 0 aromatic carbocycles. The van der Waals surface area contributed by atoms with Crippen LogP contribution in [-0.4, -0.2) is 62.7 Å². The molecule has 6 nitrogen and oxygen atoms in total. The Morgan fingerprint density at radius 1 is 1.18 bits per heavy atom. The number of aliphatic hydroxyl groups is 3. The number of fused-ring (bicyclic) bond motifs is 1. The lowest BCUT2D eigenvalue weighted by atomic mass is 10.1. The van der Waals surface area contributed by atoms with Crippen LogP contribution in [0.2, 0.25) is 0 Å². The van der Waals surface area contributed by atoms with Gasteiger partial charge in [0.1, 0.15) is 24.4 Å². The zero-order valence-electron chi connectivity index (χ0n) is 8.37. The number of hydrogen-bond acceptors (Lipinski definition) is 6. The third kappa shape index (κ3) is 2.65. The summed E-state index contributed by atoms with van der Waals surface area (Å²) in [5, 5.41) is 28.0. The molecule has 3 N–H and O–H groups in total. The van der Waals surface area contributed by atoms with Crippen molar-refractivity contribution in [1.29, 1.82) is 0 Å². The maximum Gasteiger partial charge on any atom is 0.241 e. The molecule has 0 radical (unpaired) electrons. The van der Waals surface area contributed by atoms with Crippen molar-refractivity contribution in [3.8, 4) is 0 Å². The van der Waals surface area contributed by atoms with Gasteiger partial charge in [0.2, 0.25) is 10.1 Å². The van der Waals surface area contributed by atoms with E-state index in [2.05, 4.69) is 0 Å². The molecule has 0 unspecified atom stereocenters. The van der Waals surface area contributed by atoms with E-state index in [1.54, 1.807) is 0 Å². The van der Waals surface area contributed by atoms with Crippen LogP contribution in [0.25, 0.3) is 0 Å². The van der Waals surface area contributed by atoms with Gasteiger partial charge in [0.25, 0.3) is 0 Å². The van der Waals surface area contributed by atoms with E-state index in [-0.39, 0.29) is 0 Å². The molecule has 100 valence electrons. The second kappa shape index (κ2) is 4.96. The minimum atomic E-state index is -1.79. The molecule has 0 amide bonds. The quantitative estimate of drug-likeness (QED) is 0.598. The van der Waals surface area contributed by atoms with E-state index in [1.165, 1.54) is 0 Å². The van der Waals surface area contributed by atoms with E-state index < -0.39 is 47.4 Å². The Morgan fingerprint density at radius 2 is 1.82 bits per heavy atom. The van der Waals surface area contributed by atoms with Crippen molar-refractivity contribution in [2.24, 2.45) is 0 Å². The number of rotatable bonds is 2. The average Bonchev–Trinajstić information content (AvgIpc) is 2.77. The Hall–Kier alpha value is 0.630. The van der Waals surface area contributed by atoms with Crippen molar-refractivity contribution in [1.82, 2.24) is 0 Å². The van der Waals surface area contributed by atoms with Crippen molar-refractivity contribution < 1.29 is 29.5 Å². The molecule has 2 heterocycles. The predicted octanol–water partition coefficient (Wildman–Crippen LogP) is -0.463. The fourth-order valence-corrected chi connectivity index (χ4v) is 2.10. The second-order valence-electron chi connectivity index (χ2n) is 3.82. The standard InChI is InChI=1S/C8H11Cl3O6/c9-8(10,11)7-16-5-3(14)4(2(13)1-12)15-6(5)17-7/h2-7,12-14H,1H2/t2-,3+,4-,5-,6+,7+/m1/s1. The summed E-state index contributed by atoms with van der Waals surface area (Å²) in [5.74, 6) is 0. The summed E-state index contributed by atoms with van der Waals surface area (Å²) in [5.41, 5.74) is 0. The lowest BCUT2D eigenvalue weighted by molar-refractivity contribution is -0.188.